The van der Waals surface area contributed by atoms with Crippen LogP contribution in [0.25, 0.3) is 0 Å². The Morgan fingerprint density at radius 3 is 2.56 bits per heavy atom. The van der Waals surface area contributed by atoms with E-state index in [0.29, 0.717) is 16.6 Å². The normalized spacial score (nSPS) is 9.83. The molecule has 0 aliphatic carbocycles. The van der Waals surface area contributed by atoms with E-state index in [1.54, 1.807) is 0 Å². The molecule has 0 radical (unpaired) electrons. The van der Waals surface area contributed by atoms with E-state index in [9.17, 15) is 14.9 Å². The Labute approximate surface area is 114 Å². The Hall–Kier alpha value is -1.47. The zero-order valence-corrected chi connectivity index (χ0v) is 11.3. The van der Waals surface area contributed by atoms with Crippen LogP contribution >= 0.6 is 24.0 Å². The highest BCUT2D eigenvalue weighted by molar-refractivity contribution is 8.23. The van der Waals surface area contributed by atoms with Crippen LogP contribution in [-0.2, 0) is 4.74 Å². The van der Waals surface area contributed by atoms with Gasteiger partial charge in [-0.25, -0.2) is 0 Å². The third kappa shape index (κ3) is 4.42. The summed E-state index contributed by atoms with van der Waals surface area (Å²) < 4.78 is 5.36. The molecular formula is C11H11NO4S2. The van der Waals surface area contributed by atoms with Gasteiger partial charge >= 0.3 is 0 Å². The molecule has 0 spiro atoms. The molecule has 0 amide bonds. The molecule has 0 heterocycles. The van der Waals surface area contributed by atoms with E-state index in [0.717, 1.165) is 11.8 Å². The van der Waals surface area contributed by atoms with Gasteiger partial charge in [-0.3, -0.25) is 14.9 Å². The number of nitrogens with zero attached hydrogens (tertiary/aromatic N) is 1. The molecule has 0 saturated heterocycles. The molecule has 7 heteroatoms. The van der Waals surface area contributed by atoms with E-state index < -0.39 is 4.92 Å². The maximum Gasteiger partial charge on any atom is 0.269 e. The largest absolute Gasteiger partial charge is 0.479 e. The molecule has 0 saturated carbocycles. The number of hydrogen-bond donors (Lipinski definition) is 0. The van der Waals surface area contributed by atoms with Gasteiger partial charge in [0.05, 0.1) is 17.3 Å². The summed E-state index contributed by atoms with van der Waals surface area (Å²) in [5.41, 5.74) is 0.386. The molecule has 0 bridgehead atoms. The number of nitro benzene ring substituents is 1. The van der Waals surface area contributed by atoms with Gasteiger partial charge in [0.1, 0.15) is 0 Å². The van der Waals surface area contributed by atoms with Gasteiger partial charge in [-0.1, -0.05) is 11.8 Å². The SMILES string of the molecule is CCOC(=S)SCC(=O)c1ccc([N+](=O)[O-])cc1. The molecule has 1 aromatic carbocycles. The van der Waals surface area contributed by atoms with Gasteiger partial charge in [0.25, 0.3) is 5.69 Å². The molecular weight excluding hydrogens is 274 g/mol. The molecule has 0 N–H and O–H groups in total. The number of ketones is 1. The average Bonchev–Trinajstić information content (AvgIpc) is 2.36. The van der Waals surface area contributed by atoms with Gasteiger partial charge in [0.2, 0.25) is 4.38 Å². The third-order valence-corrected chi connectivity index (χ3v) is 3.21. The first kappa shape index (κ1) is 14.6. The maximum absolute atomic E-state index is 11.7. The number of carbonyl (C=O) groups is 1. The van der Waals surface area contributed by atoms with Crippen molar-refractivity contribution in [3.63, 3.8) is 0 Å². The van der Waals surface area contributed by atoms with E-state index in [2.05, 4.69) is 0 Å². The monoisotopic (exact) mass is 285 g/mol. The highest BCUT2D eigenvalue weighted by Gasteiger charge is 2.10. The van der Waals surface area contributed by atoms with Crippen LogP contribution in [0.3, 0.4) is 0 Å². The highest BCUT2D eigenvalue weighted by Crippen LogP contribution is 2.15. The molecule has 1 rings (SSSR count). The van der Waals surface area contributed by atoms with Crippen LogP contribution in [0, 0.1) is 10.1 Å². The van der Waals surface area contributed by atoms with Gasteiger partial charge in [-0.2, -0.15) is 0 Å². The smallest absolute Gasteiger partial charge is 0.269 e. The Bertz CT molecular complexity index is 459. The summed E-state index contributed by atoms with van der Waals surface area (Å²) in [5, 5.41) is 10.5. The number of non-ortho nitro benzene ring substituents is 1. The lowest BCUT2D eigenvalue weighted by molar-refractivity contribution is -0.384. The predicted octanol–water partition coefficient (Wildman–Crippen LogP) is 2.83. The predicted molar refractivity (Wildman–Crippen MR) is 74.1 cm³/mol. The summed E-state index contributed by atoms with van der Waals surface area (Å²) in [5.74, 6) is 0.0216. The molecule has 0 aliphatic rings. The van der Waals surface area contributed by atoms with Gasteiger partial charge < -0.3 is 4.74 Å². The Balaban J connectivity index is 2.56. The van der Waals surface area contributed by atoms with Crippen LogP contribution < -0.4 is 0 Å². The van der Waals surface area contributed by atoms with Crippen molar-refractivity contribution in [1.29, 1.82) is 0 Å². The van der Waals surface area contributed by atoms with Crippen LogP contribution in [0.15, 0.2) is 24.3 Å². The second kappa shape index (κ2) is 7.07. The summed E-state index contributed by atoms with van der Waals surface area (Å²) in [6.45, 7) is 2.28. The fourth-order valence-corrected chi connectivity index (χ4v) is 2.05. The summed E-state index contributed by atoms with van der Waals surface area (Å²) >= 11 is 6.02. The number of thiocarbonyl (C=S) groups is 1. The number of hydrogen-bond acceptors (Lipinski definition) is 6. The average molecular weight is 285 g/mol. The van der Waals surface area contributed by atoms with E-state index >= 15 is 0 Å². The number of ether oxygens (including phenoxy) is 1. The maximum atomic E-state index is 11.7. The fraction of sp³-hybridized carbons (Fsp3) is 0.273. The van der Waals surface area contributed by atoms with Crippen LogP contribution in [0.4, 0.5) is 5.69 Å². The Morgan fingerprint density at radius 1 is 1.44 bits per heavy atom. The first-order valence-electron chi connectivity index (χ1n) is 5.11. The minimum absolute atomic E-state index is 0.0379. The first-order chi connectivity index (χ1) is 8.54. The molecule has 96 valence electrons. The van der Waals surface area contributed by atoms with E-state index in [-0.39, 0.29) is 17.2 Å². The Kier molecular flexibility index (Phi) is 5.73. The lowest BCUT2D eigenvalue weighted by Crippen LogP contribution is -2.06. The highest BCUT2D eigenvalue weighted by atomic mass is 32.2. The number of Topliss-reactive ketones (excluding diaryl/α,β-unsaturated/α-hetero) is 1. The van der Waals surface area contributed by atoms with E-state index in [1.165, 1.54) is 24.3 Å². The number of thioether (sulfide) groups is 1. The minimum atomic E-state index is -0.507. The lowest BCUT2D eigenvalue weighted by atomic mass is 10.1. The topological polar surface area (TPSA) is 69.4 Å². The van der Waals surface area contributed by atoms with Gasteiger partial charge in [0, 0.05) is 17.7 Å². The van der Waals surface area contributed by atoms with Crippen molar-refractivity contribution in [3.8, 4) is 0 Å². The van der Waals surface area contributed by atoms with Crippen LogP contribution in [0.2, 0.25) is 0 Å². The third-order valence-electron chi connectivity index (χ3n) is 1.98. The quantitative estimate of drug-likeness (QED) is 0.358. The van der Waals surface area contributed by atoms with Crippen molar-refractivity contribution >= 4 is 39.8 Å². The van der Waals surface area contributed by atoms with Gasteiger partial charge in [0.15, 0.2) is 5.78 Å². The van der Waals surface area contributed by atoms with Crippen molar-refractivity contribution in [2.75, 3.05) is 12.4 Å². The summed E-state index contributed by atoms with van der Waals surface area (Å²) in [4.78, 5) is 21.7. The van der Waals surface area contributed by atoms with Crippen molar-refractivity contribution in [3.05, 3.63) is 39.9 Å². The minimum Gasteiger partial charge on any atom is -0.479 e. The molecule has 0 fully saturated rings. The van der Waals surface area contributed by atoms with E-state index in [4.69, 9.17) is 17.0 Å². The van der Waals surface area contributed by atoms with Crippen LogP contribution in [-0.4, -0.2) is 27.4 Å². The molecule has 0 unspecified atom stereocenters. The molecule has 0 aliphatic heterocycles. The number of nitro groups is 1. The Morgan fingerprint density at radius 2 is 2.06 bits per heavy atom. The van der Waals surface area contributed by atoms with Crippen molar-refractivity contribution in [2.24, 2.45) is 0 Å². The molecule has 18 heavy (non-hydrogen) atoms. The summed E-state index contributed by atoms with van der Waals surface area (Å²) in [6.07, 6.45) is 0. The molecule has 5 nitrogen and oxygen atoms in total. The van der Waals surface area contributed by atoms with Crippen molar-refractivity contribution in [1.82, 2.24) is 0 Å². The van der Waals surface area contributed by atoms with Crippen LogP contribution in [0.1, 0.15) is 17.3 Å². The number of carbonyl (C=O) groups excluding carboxylic acids is 1. The fourth-order valence-electron chi connectivity index (χ4n) is 1.14. The van der Waals surface area contributed by atoms with Gasteiger partial charge in [-0.15, -0.1) is 0 Å². The lowest BCUT2D eigenvalue weighted by Gasteiger charge is -2.03. The zero-order valence-electron chi connectivity index (χ0n) is 9.62. The zero-order chi connectivity index (χ0) is 13.5. The van der Waals surface area contributed by atoms with Crippen LogP contribution in [0.5, 0.6) is 0 Å². The van der Waals surface area contributed by atoms with E-state index in [1.807, 2.05) is 6.92 Å². The standard InChI is InChI=1S/C11H11NO4S2/c1-2-16-11(17)18-7-10(13)8-3-5-9(6-4-8)12(14)15/h3-6H,2,7H2,1H3. The number of rotatable bonds is 5. The summed E-state index contributed by atoms with van der Waals surface area (Å²) in [6, 6.07) is 5.48. The first-order valence-corrected chi connectivity index (χ1v) is 6.51. The van der Waals surface area contributed by atoms with Crippen molar-refractivity contribution in [2.45, 2.75) is 6.92 Å². The summed E-state index contributed by atoms with van der Waals surface area (Å²) in [7, 11) is 0. The molecule has 0 aromatic heterocycles. The van der Waals surface area contributed by atoms with Gasteiger partial charge in [-0.05, 0) is 31.3 Å². The molecule has 1 aromatic rings. The molecule has 0 atom stereocenters. The second-order valence-electron chi connectivity index (χ2n) is 3.20. The second-order valence-corrected chi connectivity index (χ2v) is 4.78. The van der Waals surface area contributed by atoms with Crippen molar-refractivity contribution < 1.29 is 14.5 Å². The number of benzene rings is 1.